The number of benzene rings is 2. The first-order valence-electron chi connectivity index (χ1n) is 6.11. The van der Waals surface area contributed by atoms with Gasteiger partial charge in [0.25, 0.3) is 0 Å². The Kier molecular flexibility index (Phi) is 2.99. The van der Waals surface area contributed by atoms with E-state index in [1.165, 1.54) is 6.20 Å². The third kappa shape index (κ3) is 2.17. The van der Waals surface area contributed by atoms with Gasteiger partial charge in [-0.2, -0.15) is 5.26 Å². The molecular formula is C16H8F2N2O. The predicted octanol–water partition coefficient (Wildman–Crippen LogP) is 3.55. The monoisotopic (exact) mass is 282 g/mol. The van der Waals surface area contributed by atoms with Gasteiger partial charge in [0.1, 0.15) is 11.6 Å². The SMILES string of the molecule is N#Cc1cccc2[nH]cc(C(=O)c3cc(F)cc(F)c3)c12. The Balaban J connectivity index is 2.21. The van der Waals surface area contributed by atoms with Crippen LogP contribution in [0.2, 0.25) is 0 Å². The molecule has 0 saturated heterocycles. The summed E-state index contributed by atoms with van der Waals surface area (Å²) < 4.78 is 26.5. The van der Waals surface area contributed by atoms with Crippen LogP contribution in [0.3, 0.4) is 0 Å². The number of aromatic amines is 1. The molecule has 0 radical (unpaired) electrons. The molecule has 102 valence electrons. The summed E-state index contributed by atoms with van der Waals surface area (Å²) in [6.45, 7) is 0. The molecule has 1 aromatic heterocycles. The van der Waals surface area contributed by atoms with Gasteiger partial charge in [-0.05, 0) is 24.3 Å². The van der Waals surface area contributed by atoms with E-state index in [0.717, 1.165) is 12.1 Å². The molecule has 1 N–H and O–H groups in total. The molecule has 0 unspecified atom stereocenters. The van der Waals surface area contributed by atoms with Crippen LogP contribution >= 0.6 is 0 Å². The molecule has 2 aromatic carbocycles. The van der Waals surface area contributed by atoms with Crippen molar-refractivity contribution in [2.45, 2.75) is 0 Å². The number of H-pyrrole nitrogens is 1. The van der Waals surface area contributed by atoms with Gasteiger partial charge in [0, 0.05) is 34.3 Å². The maximum Gasteiger partial charge on any atom is 0.195 e. The summed E-state index contributed by atoms with van der Waals surface area (Å²) in [6, 6.07) is 9.64. The lowest BCUT2D eigenvalue weighted by Gasteiger charge is -2.02. The lowest BCUT2D eigenvalue weighted by atomic mass is 10.00. The summed E-state index contributed by atoms with van der Waals surface area (Å²) in [4.78, 5) is 15.3. The molecule has 1 heterocycles. The fraction of sp³-hybridized carbons (Fsp3) is 0. The van der Waals surface area contributed by atoms with Crippen LogP contribution in [0.1, 0.15) is 21.5 Å². The van der Waals surface area contributed by atoms with E-state index in [0.29, 0.717) is 22.5 Å². The lowest BCUT2D eigenvalue weighted by Crippen LogP contribution is -2.02. The summed E-state index contributed by atoms with van der Waals surface area (Å²) in [5.74, 6) is -2.18. The Morgan fingerprint density at radius 1 is 1.14 bits per heavy atom. The van der Waals surface area contributed by atoms with Crippen molar-refractivity contribution in [1.82, 2.24) is 4.98 Å². The summed E-state index contributed by atoms with van der Waals surface area (Å²) in [6.07, 6.45) is 1.44. The first-order valence-corrected chi connectivity index (χ1v) is 6.11. The van der Waals surface area contributed by atoms with Crippen molar-refractivity contribution >= 4 is 16.7 Å². The van der Waals surface area contributed by atoms with Crippen molar-refractivity contribution in [3.63, 3.8) is 0 Å². The van der Waals surface area contributed by atoms with Gasteiger partial charge < -0.3 is 4.98 Å². The molecular weight excluding hydrogens is 274 g/mol. The number of carbonyl (C=O) groups is 1. The Bertz CT molecular complexity index is 886. The van der Waals surface area contributed by atoms with E-state index in [2.05, 4.69) is 4.98 Å². The Hall–Kier alpha value is -3.00. The maximum absolute atomic E-state index is 13.2. The van der Waals surface area contributed by atoms with E-state index < -0.39 is 17.4 Å². The van der Waals surface area contributed by atoms with Crippen molar-refractivity contribution in [2.24, 2.45) is 0 Å². The number of nitrogens with zero attached hydrogens (tertiary/aromatic N) is 1. The van der Waals surface area contributed by atoms with Crippen LogP contribution in [0.4, 0.5) is 8.78 Å². The summed E-state index contributed by atoms with van der Waals surface area (Å²) in [5.41, 5.74) is 1.07. The molecule has 0 fully saturated rings. The van der Waals surface area contributed by atoms with Crippen LogP contribution in [0, 0.1) is 23.0 Å². The number of fused-ring (bicyclic) bond motifs is 1. The third-order valence-corrected chi connectivity index (χ3v) is 3.20. The van der Waals surface area contributed by atoms with Crippen LogP contribution in [0.5, 0.6) is 0 Å². The highest BCUT2D eigenvalue weighted by molar-refractivity contribution is 6.17. The minimum Gasteiger partial charge on any atom is -0.360 e. The normalized spacial score (nSPS) is 10.5. The van der Waals surface area contributed by atoms with Crippen molar-refractivity contribution < 1.29 is 13.6 Å². The zero-order valence-electron chi connectivity index (χ0n) is 10.7. The number of hydrogen-bond acceptors (Lipinski definition) is 2. The molecule has 0 aliphatic carbocycles. The maximum atomic E-state index is 13.2. The van der Waals surface area contributed by atoms with Crippen molar-refractivity contribution in [3.05, 3.63) is 70.9 Å². The highest BCUT2D eigenvalue weighted by Gasteiger charge is 2.18. The molecule has 0 atom stereocenters. The zero-order valence-corrected chi connectivity index (χ0v) is 10.7. The molecule has 0 aliphatic heterocycles. The number of rotatable bonds is 2. The Labute approximate surface area is 118 Å². The largest absolute Gasteiger partial charge is 0.360 e. The summed E-state index contributed by atoms with van der Waals surface area (Å²) in [7, 11) is 0. The first-order chi connectivity index (χ1) is 10.1. The minimum atomic E-state index is -0.821. The van der Waals surface area contributed by atoms with Gasteiger partial charge in [-0.25, -0.2) is 8.78 Å². The van der Waals surface area contributed by atoms with E-state index in [-0.39, 0.29) is 11.1 Å². The van der Waals surface area contributed by atoms with E-state index in [1.807, 2.05) is 6.07 Å². The number of hydrogen-bond donors (Lipinski definition) is 1. The van der Waals surface area contributed by atoms with Gasteiger partial charge in [0.05, 0.1) is 11.6 Å². The first kappa shape index (κ1) is 13.0. The highest BCUT2D eigenvalue weighted by Crippen LogP contribution is 2.25. The summed E-state index contributed by atoms with van der Waals surface area (Å²) >= 11 is 0. The number of ketones is 1. The Morgan fingerprint density at radius 2 is 1.86 bits per heavy atom. The molecule has 3 rings (SSSR count). The van der Waals surface area contributed by atoms with Crippen LogP contribution in [0.15, 0.2) is 42.6 Å². The van der Waals surface area contributed by atoms with Crippen LogP contribution in [0.25, 0.3) is 10.9 Å². The molecule has 0 spiro atoms. The van der Waals surface area contributed by atoms with E-state index in [4.69, 9.17) is 5.26 Å². The lowest BCUT2D eigenvalue weighted by molar-refractivity contribution is 0.103. The fourth-order valence-corrected chi connectivity index (χ4v) is 2.30. The number of halogens is 2. The van der Waals surface area contributed by atoms with Crippen LogP contribution < -0.4 is 0 Å². The number of aromatic nitrogens is 1. The predicted molar refractivity (Wildman–Crippen MR) is 72.8 cm³/mol. The second-order valence-corrected chi connectivity index (χ2v) is 4.53. The molecule has 3 nitrogen and oxygen atoms in total. The smallest absolute Gasteiger partial charge is 0.195 e. The molecule has 0 aliphatic rings. The second-order valence-electron chi connectivity index (χ2n) is 4.53. The molecule has 0 bridgehead atoms. The summed E-state index contributed by atoms with van der Waals surface area (Å²) in [5, 5.41) is 9.58. The fourth-order valence-electron chi connectivity index (χ4n) is 2.30. The van der Waals surface area contributed by atoms with E-state index >= 15 is 0 Å². The molecule has 5 heteroatoms. The quantitative estimate of drug-likeness (QED) is 0.731. The molecule has 0 saturated carbocycles. The minimum absolute atomic E-state index is 0.0962. The van der Waals surface area contributed by atoms with Crippen molar-refractivity contribution in [2.75, 3.05) is 0 Å². The second kappa shape index (κ2) is 4.84. The van der Waals surface area contributed by atoms with E-state index in [1.54, 1.807) is 18.2 Å². The van der Waals surface area contributed by atoms with Gasteiger partial charge in [0.2, 0.25) is 0 Å². The number of carbonyl (C=O) groups excluding carboxylic acids is 1. The molecule has 21 heavy (non-hydrogen) atoms. The van der Waals surface area contributed by atoms with Gasteiger partial charge >= 0.3 is 0 Å². The number of nitriles is 1. The van der Waals surface area contributed by atoms with Crippen molar-refractivity contribution in [1.29, 1.82) is 5.26 Å². The van der Waals surface area contributed by atoms with E-state index in [9.17, 15) is 13.6 Å². The van der Waals surface area contributed by atoms with Crippen LogP contribution in [-0.2, 0) is 0 Å². The van der Waals surface area contributed by atoms with Gasteiger partial charge in [-0.15, -0.1) is 0 Å². The third-order valence-electron chi connectivity index (χ3n) is 3.20. The Morgan fingerprint density at radius 3 is 2.52 bits per heavy atom. The average Bonchev–Trinajstić information content (AvgIpc) is 2.89. The topological polar surface area (TPSA) is 56.6 Å². The standard InChI is InChI=1S/C16H8F2N2O/c17-11-4-10(5-12(18)6-11)16(21)13-8-20-14-3-1-2-9(7-19)15(13)14/h1-6,8,20H. The van der Waals surface area contributed by atoms with Gasteiger partial charge in [-0.3, -0.25) is 4.79 Å². The highest BCUT2D eigenvalue weighted by atomic mass is 19.1. The average molecular weight is 282 g/mol. The van der Waals surface area contributed by atoms with Gasteiger partial charge in [0.15, 0.2) is 5.78 Å². The molecule has 0 amide bonds. The molecule has 3 aromatic rings. The van der Waals surface area contributed by atoms with Gasteiger partial charge in [-0.1, -0.05) is 6.07 Å². The van der Waals surface area contributed by atoms with Crippen molar-refractivity contribution in [3.8, 4) is 6.07 Å². The number of nitrogens with one attached hydrogen (secondary N) is 1. The zero-order chi connectivity index (χ0) is 15.0. The van der Waals surface area contributed by atoms with Crippen LogP contribution in [-0.4, -0.2) is 10.8 Å².